The second-order valence-electron chi connectivity index (χ2n) is 11.2. The number of unbranched alkanes of at least 4 members (excludes halogenated alkanes) is 2. The SMILES string of the molecule is CN1CCN(C(=O)CCCCCOc2ccccc2NC(=O)c2ccc(CNC(=O)c3ccccc3OCCCN)cc2)CC1. The highest BCUT2D eigenvalue weighted by molar-refractivity contribution is 6.05. The molecule has 10 heteroatoms. The van der Waals surface area contributed by atoms with Crippen LogP contribution in [0.2, 0.25) is 0 Å². The van der Waals surface area contributed by atoms with E-state index < -0.39 is 0 Å². The second-order valence-corrected chi connectivity index (χ2v) is 11.2. The van der Waals surface area contributed by atoms with E-state index in [0.29, 0.717) is 67.5 Å². The molecular formula is C35H45N5O5. The van der Waals surface area contributed by atoms with Gasteiger partial charge in [-0.15, -0.1) is 0 Å². The third kappa shape index (κ3) is 10.6. The molecule has 4 rings (SSSR count). The third-order valence-electron chi connectivity index (χ3n) is 7.69. The number of piperazine rings is 1. The van der Waals surface area contributed by atoms with E-state index in [0.717, 1.165) is 51.0 Å². The van der Waals surface area contributed by atoms with Crippen LogP contribution in [0.15, 0.2) is 72.8 Å². The molecule has 0 spiro atoms. The van der Waals surface area contributed by atoms with E-state index in [1.165, 1.54) is 0 Å². The average molecular weight is 616 g/mol. The zero-order chi connectivity index (χ0) is 31.9. The quantitative estimate of drug-likeness (QED) is 0.205. The van der Waals surface area contributed by atoms with Gasteiger partial charge in [-0.3, -0.25) is 14.4 Å². The summed E-state index contributed by atoms with van der Waals surface area (Å²) in [5.41, 5.74) is 7.94. The van der Waals surface area contributed by atoms with E-state index in [4.69, 9.17) is 15.2 Å². The van der Waals surface area contributed by atoms with Crippen LogP contribution >= 0.6 is 0 Å². The molecule has 0 saturated carbocycles. The Bertz CT molecular complexity index is 1390. The molecule has 1 heterocycles. The molecule has 3 aromatic carbocycles. The van der Waals surface area contributed by atoms with E-state index in [1.807, 2.05) is 47.4 Å². The molecule has 0 aromatic heterocycles. The maximum Gasteiger partial charge on any atom is 0.255 e. The first-order chi connectivity index (χ1) is 21.9. The lowest BCUT2D eigenvalue weighted by Crippen LogP contribution is -2.47. The summed E-state index contributed by atoms with van der Waals surface area (Å²) in [5.74, 6) is 0.864. The summed E-state index contributed by atoms with van der Waals surface area (Å²) in [6.45, 7) is 5.26. The van der Waals surface area contributed by atoms with Gasteiger partial charge in [-0.05, 0) is 81.2 Å². The van der Waals surface area contributed by atoms with Gasteiger partial charge >= 0.3 is 0 Å². The molecule has 4 N–H and O–H groups in total. The van der Waals surface area contributed by atoms with Crippen LogP contribution in [-0.2, 0) is 11.3 Å². The predicted octanol–water partition coefficient (Wildman–Crippen LogP) is 4.31. The van der Waals surface area contributed by atoms with Crippen molar-refractivity contribution in [2.45, 2.75) is 38.6 Å². The minimum absolute atomic E-state index is 0.237. The van der Waals surface area contributed by atoms with Crippen LogP contribution in [0.1, 0.15) is 58.4 Å². The molecule has 45 heavy (non-hydrogen) atoms. The van der Waals surface area contributed by atoms with Crippen molar-refractivity contribution in [1.29, 1.82) is 0 Å². The number of benzene rings is 3. The van der Waals surface area contributed by atoms with Gasteiger partial charge in [0.1, 0.15) is 11.5 Å². The Kier molecular flexibility index (Phi) is 13.2. The summed E-state index contributed by atoms with van der Waals surface area (Å²) < 4.78 is 11.7. The summed E-state index contributed by atoms with van der Waals surface area (Å²) >= 11 is 0. The van der Waals surface area contributed by atoms with E-state index in [-0.39, 0.29) is 17.7 Å². The lowest BCUT2D eigenvalue weighted by molar-refractivity contribution is -0.132. The highest BCUT2D eigenvalue weighted by Gasteiger charge is 2.18. The smallest absolute Gasteiger partial charge is 0.255 e. The van der Waals surface area contributed by atoms with Crippen LogP contribution < -0.4 is 25.8 Å². The Labute approximate surface area is 265 Å². The molecule has 0 unspecified atom stereocenters. The number of carbonyl (C=O) groups is 3. The summed E-state index contributed by atoms with van der Waals surface area (Å²) in [4.78, 5) is 42.4. The summed E-state index contributed by atoms with van der Waals surface area (Å²) in [5, 5.41) is 5.86. The van der Waals surface area contributed by atoms with Gasteiger partial charge in [-0.2, -0.15) is 0 Å². The Morgan fingerprint density at radius 2 is 1.42 bits per heavy atom. The number of nitrogens with two attached hydrogens (primary N) is 1. The number of nitrogens with zero attached hydrogens (tertiary/aromatic N) is 2. The van der Waals surface area contributed by atoms with Gasteiger partial charge in [0.15, 0.2) is 0 Å². The predicted molar refractivity (Wildman–Crippen MR) is 176 cm³/mol. The van der Waals surface area contributed by atoms with Crippen LogP contribution in [0, 0.1) is 0 Å². The molecule has 3 amide bonds. The number of amides is 3. The fourth-order valence-corrected chi connectivity index (χ4v) is 4.94. The summed E-state index contributed by atoms with van der Waals surface area (Å²) in [6, 6.07) is 21.6. The zero-order valence-electron chi connectivity index (χ0n) is 26.1. The van der Waals surface area contributed by atoms with E-state index in [1.54, 1.807) is 30.3 Å². The fourth-order valence-electron chi connectivity index (χ4n) is 4.94. The molecule has 1 aliphatic heterocycles. The highest BCUT2D eigenvalue weighted by atomic mass is 16.5. The number of hydrogen-bond donors (Lipinski definition) is 3. The molecule has 0 bridgehead atoms. The Morgan fingerprint density at radius 3 is 2.18 bits per heavy atom. The zero-order valence-corrected chi connectivity index (χ0v) is 26.1. The van der Waals surface area contributed by atoms with Crippen molar-refractivity contribution in [3.63, 3.8) is 0 Å². The molecule has 3 aromatic rings. The Balaban J connectivity index is 1.20. The van der Waals surface area contributed by atoms with E-state index >= 15 is 0 Å². The molecule has 1 fully saturated rings. The van der Waals surface area contributed by atoms with Gasteiger partial charge in [0.05, 0.1) is 24.5 Å². The number of likely N-dealkylation sites (N-methyl/N-ethyl adjacent to an activating group) is 1. The lowest BCUT2D eigenvalue weighted by atomic mass is 10.1. The molecule has 0 atom stereocenters. The minimum atomic E-state index is -0.257. The van der Waals surface area contributed by atoms with Gasteiger partial charge < -0.3 is 35.6 Å². The minimum Gasteiger partial charge on any atom is -0.493 e. The monoisotopic (exact) mass is 615 g/mol. The van der Waals surface area contributed by atoms with Gasteiger partial charge in [-0.1, -0.05) is 36.4 Å². The fraction of sp³-hybridized carbons (Fsp3) is 0.400. The first-order valence-electron chi connectivity index (χ1n) is 15.7. The van der Waals surface area contributed by atoms with Crippen molar-refractivity contribution >= 4 is 23.4 Å². The number of carbonyl (C=O) groups excluding carboxylic acids is 3. The van der Waals surface area contributed by atoms with E-state index in [9.17, 15) is 14.4 Å². The normalized spacial score (nSPS) is 13.2. The summed E-state index contributed by atoms with van der Waals surface area (Å²) in [7, 11) is 2.08. The van der Waals surface area contributed by atoms with Crippen LogP contribution in [0.4, 0.5) is 5.69 Å². The standard InChI is InChI=1S/C35H45N5O5/c1-39-20-22-40(23-21-39)33(41)14-3-2-8-24-45-32-13-7-5-11-30(32)38-34(42)28-17-15-27(16-18-28)26-37-35(43)29-10-4-6-12-31(29)44-25-9-19-36/h4-7,10-13,15-18H,2-3,8-9,14,19-26,36H2,1H3,(H,37,43)(H,38,42). The van der Waals surface area contributed by atoms with Crippen molar-refractivity contribution in [1.82, 2.24) is 15.1 Å². The molecule has 240 valence electrons. The first-order valence-corrected chi connectivity index (χ1v) is 15.7. The molecule has 10 nitrogen and oxygen atoms in total. The van der Waals surface area contributed by atoms with Gasteiger partial charge in [0, 0.05) is 44.7 Å². The lowest BCUT2D eigenvalue weighted by Gasteiger charge is -2.32. The van der Waals surface area contributed by atoms with Crippen LogP contribution in [0.25, 0.3) is 0 Å². The third-order valence-corrected chi connectivity index (χ3v) is 7.69. The van der Waals surface area contributed by atoms with Gasteiger partial charge in [-0.25, -0.2) is 0 Å². The molecule has 0 aliphatic carbocycles. The number of para-hydroxylation sites is 3. The largest absolute Gasteiger partial charge is 0.493 e. The molecule has 1 saturated heterocycles. The van der Waals surface area contributed by atoms with Crippen molar-refractivity contribution in [2.24, 2.45) is 5.73 Å². The topological polar surface area (TPSA) is 126 Å². The van der Waals surface area contributed by atoms with Crippen molar-refractivity contribution in [3.05, 3.63) is 89.5 Å². The summed E-state index contributed by atoms with van der Waals surface area (Å²) in [6.07, 6.45) is 3.83. The van der Waals surface area contributed by atoms with Gasteiger partial charge in [0.25, 0.3) is 11.8 Å². The van der Waals surface area contributed by atoms with Crippen molar-refractivity contribution in [3.8, 4) is 11.5 Å². The molecule has 1 aliphatic rings. The van der Waals surface area contributed by atoms with Crippen molar-refractivity contribution < 1.29 is 23.9 Å². The van der Waals surface area contributed by atoms with Gasteiger partial charge in [0.2, 0.25) is 5.91 Å². The van der Waals surface area contributed by atoms with E-state index in [2.05, 4.69) is 22.6 Å². The second kappa shape index (κ2) is 17.8. The maximum absolute atomic E-state index is 13.0. The highest BCUT2D eigenvalue weighted by Crippen LogP contribution is 2.25. The number of nitrogens with one attached hydrogen (secondary N) is 2. The number of rotatable bonds is 16. The van der Waals surface area contributed by atoms with Crippen molar-refractivity contribution in [2.75, 3.05) is 58.3 Å². The maximum atomic E-state index is 13.0. The first kappa shape index (κ1) is 33.5. The van der Waals surface area contributed by atoms with Crippen LogP contribution in [0.5, 0.6) is 11.5 Å². The average Bonchev–Trinajstić information content (AvgIpc) is 3.06. The number of hydrogen-bond acceptors (Lipinski definition) is 7. The molecular weight excluding hydrogens is 570 g/mol. The molecule has 0 radical (unpaired) electrons. The number of ether oxygens (including phenoxy) is 2. The Hall–Kier alpha value is -4.41. The van der Waals surface area contributed by atoms with Crippen LogP contribution in [0.3, 0.4) is 0 Å². The number of anilines is 1. The van der Waals surface area contributed by atoms with Crippen LogP contribution in [-0.4, -0.2) is 80.5 Å². The Morgan fingerprint density at radius 1 is 0.756 bits per heavy atom.